The van der Waals surface area contributed by atoms with Crippen molar-refractivity contribution in [1.82, 2.24) is 5.32 Å². The lowest BCUT2D eigenvalue weighted by atomic mass is 10.1. The summed E-state index contributed by atoms with van der Waals surface area (Å²) in [6.45, 7) is 1.87. The van der Waals surface area contributed by atoms with Gasteiger partial charge in [-0.15, -0.1) is 0 Å². The summed E-state index contributed by atoms with van der Waals surface area (Å²) in [6.07, 6.45) is -5.21. The summed E-state index contributed by atoms with van der Waals surface area (Å²) in [6, 6.07) is 3.83. The number of rotatable bonds is 6. The molecule has 0 aromatic heterocycles. The number of hydrogen-bond acceptors (Lipinski definition) is 5. The molecule has 0 radical (unpaired) electrons. The SMILES string of the molecule is CCOC(=O)[C@](NC(C)=O)(Nc1cc(Cl)ccc1OC)C(F)(F)F. The van der Waals surface area contributed by atoms with E-state index in [0.717, 1.165) is 13.0 Å². The molecule has 0 spiro atoms. The fourth-order valence-corrected chi connectivity index (χ4v) is 2.05. The number of hydrogen-bond donors (Lipinski definition) is 2. The van der Waals surface area contributed by atoms with Gasteiger partial charge in [0.15, 0.2) is 0 Å². The molecule has 1 rings (SSSR count). The van der Waals surface area contributed by atoms with Crippen molar-refractivity contribution in [3.63, 3.8) is 0 Å². The summed E-state index contributed by atoms with van der Waals surface area (Å²) in [7, 11) is 1.23. The summed E-state index contributed by atoms with van der Waals surface area (Å²) >= 11 is 5.78. The molecule has 6 nitrogen and oxygen atoms in total. The van der Waals surface area contributed by atoms with Crippen LogP contribution < -0.4 is 15.4 Å². The molecule has 0 aliphatic rings. The first-order chi connectivity index (χ1) is 11.1. The molecule has 1 amide bonds. The van der Waals surface area contributed by atoms with Crippen molar-refractivity contribution in [1.29, 1.82) is 0 Å². The van der Waals surface area contributed by atoms with E-state index in [-0.39, 0.29) is 23.1 Å². The van der Waals surface area contributed by atoms with Gasteiger partial charge in [-0.2, -0.15) is 13.2 Å². The Morgan fingerprint density at radius 3 is 2.38 bits per heavy atom. The van der Waals surface area contributed by atoms with Gasteiger partial charge in [-0.05, 0) is 25.1 Å². The fourth-order valence-electron chi connectivity index (χ4n) is 1.87. The van der Waals surface area contributed by atoms with Crippen LogP contribution in [0.4, 0.5) is 18.9 Å². The lowest BCUT2D eigenvalue weighted by Crippen LogP contribution is -2.69. The van der Waals surface area contributed by atoms with Crippen molar-refractivity contribution >= 4 is 29.2 Å². The maximum Gasteiger partial charge on any atom is 0.441 e. The molecule has 0 aliphatic heterocycles. The quantitative estimate of drug-likeness (QED) is 0.596. The van der Waals surface area contributed by atoms with Gasteiger partial charge in [0, 0.05) is 11.9 Å². The topological polar surface area (TPSA) is 76.7 Å². The average Bonchev–Trinajstić information content (AvgIpc) is 2.45. The Bertz CT molecular complexity index is 625. The molecular formula is C14H16ClF3N2O4. The highest BCUT2D eigenvalue weighted by atomic mass is 35.5. The van der Waals surface area contributed by atoms with Crippen LogP contribution in [0.5, 0.6) is 5.75 Å². The zero-order valence-electron chi connectivity index (χ0n) is 13.1. The van der Waals surface area contributed by atoms with Gasteiger partial charge in [0.1, 0.15) is 5.75 Å². The summed E-state index contributed by atoms with van der Waals surface area (Å²) in [4.78, 5) is 23.4. The van der Waals surface area contributed by atoms with Crippen LogP contribution in [0.25, 0.3) is 0 Å². The normalized spacial score (nSPS) is 13.6. The van der Waals surface area contributed by atoms with Gasteiger partial charge in [0.2, 0.25) is 5.91 Å². The number of carbonyl (C=O) groups excluding carboxylic acids is 2. The molecule has 1 aromatic rings. The molecule has 134 valence electrons. The van der Waals surface area contributed by atoms with Gasteiger partial charge in [-0.1, -0.05) is 11.6 Å². The monoisotopic (exact) mass is 368 g/mol. The molecule has 0 bridgehead atoms. The van der Waals surface area contributed by atoms with Crippen molar-refractivity contribution in [2.45, 2.75) is 25.7 Å². The van der Waals surface area contributed by atoms with Crippen LogP contribution >= 0.6 is 11.6 Å². The molecule has 1 aromatic carbocycles. The molecule has 2 N–H and O–H groups in total. The first-order valence-electron chi connectivity index (χ1n) is 6.71. The second kappa shape index (κ2) is 7.61. The van der Waals surface area contributed by atoms with E-state index in [4.69, 9.17) is 16.3 Å². The first-order valence-corrected chi connectivity index (χ1v) is 7.09. The predicted octanol–water partition coefficient (Wildman–Crippen LogP) is 2.72. The summed E-state index contributed by atoms with van der Waals surface area (Å²) in [5.41, 5.74) is -3.74. The Morgan fingerprint density at radius 2 is 1.92 bits per heavy atom. The van der Waals surface area contributed by atoms with Crippen molar-refractivity contribution in [2.75, 3.05) is 19.0 Å². The van der Waals surface area contributed by atoms with E-state index in [0.29, 0.717) is 0 Å². The standard InChI is InChI=1S/C14H16ClF3N2O4/c1-4-24-12(22)13(14(16,17)18,19-8(2)21)20-10-7-9(15)5-6-11(10)23-3/h5-7,20H,4H2,1-3H3,(H,19,21)/t13-/m0/s1. The highest BCUT2D eigenvalue weighted by Crippen LogP contribution is 2.37. The lowest BCUT2D eigenvalue weighted by molar-refractivity contribution is -0.207. The molecule has 0 saturated carbocycles. The third kappa shape index (κ3) is 4.22. The molecule has 10 heteroatoms. The van der Waals surface area contributed by atoms with Gasteiger partial charge < -0.3 is 20.1 Å². The third-order valence-corrected chi connectivity index (χ3v) is 3.09. The molecule has 0 fully saturated rings. The Hall–Kier alpha value is -2.16. The Labute approximate surface area is 141 Å². The summed E-state index contributed by atoms with van der Waals surface area (Å²) in [5, 5.41) is 3.65. The smallest absolute Gasteiger partial charge is 0.441 e. The van der Waals surface area contributed by atoms with Crippen molar-refractivity contribution < 1.29 is 32.2 Å². The Balaban J connectivity index is 3.49. The summed E-state index contributed by atoms with van der Waals surface area (Å²) in [5.74, 6) is -2.81. The van der Waals surface area contributed by atoms with Crippen LogP contribution in [-0.4, -0.2) is 37.4 Å². The minimum Gasteiger partial charge on any atom is -0.495 e. The van der Waals surface area contributed by atoms with Crippen molar-refractivity contribution in [3.8, 4) is 5.75 Å². The van der Waals surface area contributed by atoms with Crippen LogP contribution in [0, 0.1) is 0 Å². The second-order valence-corrected chi connectivity index (χ2v) is 5.06. The molecule has 24 heavy (non-hydrogen) atoms. The average molecular weight is 369 g/mol. The molecule has 1 atom stereocenters. The summed E-state index contributed by atoms with van der Waals surface area (Å²) < 4.78 is 50.5. The Morgan fingerprint density at radius 1 is 1.29 bits per heavy atom. The van der Waals surface area contributed by atoms with Gasteiger partial charge in [-0.25, -0.2) is 4.79 Å². The van der Waals surface area contributed by atoms with E-state index in [2.05, 4.69) is 4.74 Å². The molecular weight excluding hydrogens is 353 g/mol. The number of carbonyl (C=O) groups is 2. The van der Waals surface area contributed by atoms with E-state index >= 15 is 0 Å². The third-order valence-electron chi connectivity index (χ3n) is 2.85. The number of anilines is 1. The number of ether oxygens (including phenoxy) is 2. The largest absolute Gasteiger partial charge is 0.495 e. The molecule has 0 unspecified atom stereocenters. The molecule has 0 saturated heterocycles. The predicted molar refractivity (Wildman–Crippen MR) is 80.9 cm³/mol. The number of alkyl halides is 3. The second-order valence-electron chi connectivity index (χ2n) is 4.62. The van der Waals surface area contributed by atoms with Gasteiger partial charge in [-0.3, -0.25) is 4.79 Å². The van der Waals surface area contributed by atoms with Gasteiger partial charge >= 0.3 is 17.8 Å². The number of halogens is 4. The zero-order valence-corrected chi connectivity index (χ0v) is 13.8. The van der Waals surface area contributed by atoms with Crippen LogP contribution in [0.1, 0.15) is 13.8 Å². The maximum absolute atomic E-state index is 13.7. The van der Waals surface area contributed by atoms with E-state index in [1.807, 2.05) is 5.32 Å². The number of methoxy groups -OCH3 is 1. The van der Waals surface area contributed by atoms with Crippen molar-refractivity contribution in [2.24, 2.45) is 0 Å². The number of nitrogens with one attached hydrogen (secondary N) is 2. The van der Waals surface area contributed by atoms with Gasteiger partial charge in [0.05, 0.1) is 19.4 Å². The maximum atomic E-state index is 13.7. The van der Waals surface area contributed by atoms with E-state index < -0.39 is 23.7 Å². The highest BCUT2D eigenvalue weighted by Gasteiger charge is 2.63. The lowest BCUT2D eigenvalue weighted by Gasteiger charge is -2.35. The van der Waals surface area contributed by atoms with Crippen molar-refractivity contribution in [3.05, 3.63) is 23.2 Å². The highest BCUT2D eigenvalue weighted by molar-refractivity contribution is 6.31. The fraction of sp³-hybridized carbons (Fsp3) is 0.429. The van der Waals surface area contributed by atoms with Crippen LogP contribution in [0.15, 0.2) is 18.2 Å². The van der Waals surface area contributed by atoms with Crippen LogP contribution in [-0.2, 0) is 14.3 Å². The van der Waals surface area contributed by atoms with Crippen LogP contribution in [0.2, 0.25) is 5.02 Å². The minimum atomic E-state index is -5.21. The Kier molecular flexibility index (Phi) is 6.30. The zero-order chi connectivity index (χ0) is 18.5. The molecule has 0 heterocycles. The minimum absolute atomic E-state index is 0.0114. The van der Waals surface area contributed by atoms with Gasteiger partial charge in [0.25, 0.3) is 0 Å². The number of benzene rings is 1. The van der Waals surface area contributed by atoms with E-state index in [9.17, 15) is 22.8 Å². The van der Waals surface area contributed by atoms with Crippen LogP contribution in [0.3, 0.4) is 0 Å². The number of esters is 1. The first kappa shape index (κ1) is 19.9. The van der Waals surface area contributed by atoms with E-state index in [1.165, 1.54) is 26.2 Å². The molecule has 0 aliphatic carbocycles. The number of amides is 1. The van der Waals surface area contributed by atoms with E-state index in [1.54, 1.807) is 5.32 Å².